The molecule has 10 nitrogen and oxygen atoms in total. The van der Waals surface area contributed by atoms with E-state index >= 15 is 0 Å². The number of rotatable bonds is 12. The first-order chi connectivity index (χ1) is 18.4. The van der Waals surface area contributed by atoms with Crippen LogP contribution in [0.3, 0.4) is 0 Å². The number of aliphatic imine (C=N–C) groups is 1. The summed E-state index contributed by atoms with van der Waals surface area (Å²) in [6.45, 7) is 5.28. The number of benzene rings is 2. The van der Waals surface area contributed by atoms with Crippen molar-refractivity contribution >= 4 is 23.9 Å². The minimum absolute atomic E-state index is 0.0902. The molecule has 0 aromatic heterocycles. The summed E-state index contributed by atoms with van der Waals surface area (Å²) in [6.07, 6.45) is 1.05. The van der Waals surface area contributed by atoms with E-state index in [2.05, 4.69) is 20.9 Å². The minimum Gasteiger partial charge on any atom is -0.494 e. The minimum atomic E-state index is -0.915. The first-order valence-corrected chi connectivity index (χ1v) is 12.9. The molecule has 0 saturated heterocycles. The molecular formula is C28H36N4O6. The van der Waals surface area contributed by atoms with Gasteiger partial charge in [0, 0.05) is 25.9 Å². The predicted octanol–water partition coefficient (Wildman–Crippen LogP) is 3.10. The molecule has 0 fully saturated rings. The Morgan fingerprint density at radius 2 is 1.79 bits per heavy atom. The second kappa shape index (κ2) is 15.2. The van der Waals surface area contributed by atoms with Crippen molar-refractivity contribution in [1.82, 2.24) is 16.0 Å². The smallest absolute Gasteiger partial charge is 0.408 e. The maximum absolute atomic E-state index is 12.5. The third kappa shape index (κ3) is 10.5. The SMILES string of the molecule is CC(C)OC(=O)C(CCOc1ccc(CCC(=O)NC2=NCCCN2)cc1)NC(=O)OCc1ccccc1. The van der Waals surface area contributed by atoms with Crippen molar-refractivity contribution in [3.8, 4) is 5.75 Å². The fourth-order valence-corrected chi connectivity index (χ4v) is 3.59. The van der Waals surface area contributed by atoms with Gasteiger partial charge in [-0.1, -0.05) is 42.5 Å². The Morgan fingerprint density at radius 1 is 1.03 bits per heavy atom. The first kappa shape index (κ1) is 28.5. The van der Waals surface area contributed by atoms with Crippen LogP contribution < -0.4 is 20.7 Å². The zero-order chi connectivity index (χ0) is 27.2. The highest BCUT2D eigenvalue weighted by atomic mass is 16.6. The van der Waals surface area contributed by atoms with Crippen LogP contribution in [0.4, 0.5) is 4.79 Å². The topological polar surface area (TPSA) is 127 Å². The van der Waals surface area contributed by atoms with Gasteiger partial charge in [-0.15, -0.1) is 0 Å². The summed E-state index contributed by atoms with van der Waals surface area (Å²) >= 11 is 0. The van der Waals surface area contributed by atoms with Crippen molar-refractivity contribution in [3.63, 3.8) is 0 Å². The molecule has 38 heavy (non-hydrogen) atoms. The van der Waals surface area contributed by atoms with Gasteiger partial charge < -0.3 is 24.8 Å². The number of hydrogen-bond acceptors (Lipinski definition) is 8. The molecule has 1 aliphatic heterocycles. The number of nitrogens with one attached hydrogen (secondary N) is 3. The standard InChI is InChI=1S/C28H36N4O6/c1-20(2)38-26(34)24(31-28(35)37-19-22-7-4-3-5-8-22)15-18-36-23-12-9-21(10-13-23)11-14-25(33)32-27-29-16-6-17-30-27/h3-5,7-10,12-13,20,24H,6,11,14-19H2,1-2H3,(H,31,35)(H2,29,30,32,33). The average molecular weight is 525 g/mol. The van der Waals surface area contributed by atoms with Crippen molar-refractivity contribution in [3.05, 3.63) is 65.7 Å². The zero-order valence-corrected chi connectivity index (χ0v) is 21.9. The number of guanidine groups is 1. The molecule has 1 aliphatic rings. The molecule has 3 N–H and O–H groups in total. The largest absolute Gasteiger partial charge is 0.494 e. The summed E-state index contributed by atoms with van der Waals surface area (Å²) in [6, 6.07) is 15.8. The van der Waals surface area contributed by atoms with Gasteiger partial charge in [-0.25, -0.2) is 9.59 Å². The highest BCUT2D eigenvalue weighted by Crippen LogP contribution is 2.14. The zero-order valence-electron chi connectivity index (χ0n) is 21.9. The third-order valence-electron chi connectivity index (χ3n) is 5.54. The molecule has 2 aromatic rings. The molecule has 2 aromatic carbocycles. The molecule has 204 valence electrons. The number of nitrogens with zero attached hydrogens (tertiary/aromatic N) is 1. The van der Waals surface area contributed by atoms with Crippen molar-refractivity contribution in [2.45, 2.75) is 58.3 Å². The van der Waals surface area contributed by atoms with E-state index in [1.54, 1.807) is 13.8 Å². The van der Waals surface area contributed by atoms with Gasteiger partial charge in [-0.2, -0.15) is 0 Å². The number of ether oxygens (including phenoxy) is 3. The number of aryl methyl sites for hydroxylation is 1. The lowest BCUT2D eigenvalue weighted by Gasteiger charge is -2.19. The molecule has 1 atom stereocenters. The first-order valence-electron chi connectivity index (χ1n) is 12.9. The molecule has 0 aliphatic carbocycles. The van der Waals surface area contributed by atoms with Crippen molar-refractivity contribution in [1.29, 1.82) is 0 Å². The van der Waals surface area contributed by atoms with Gasteiger partial charge in [0.05, 0.1) is 12.7 Å². The molecule has 3 rings (SSSR count). The summed E-state index contributed by atoms with van der Waals surface area (Å²) in [5, 5.41) is 8.43. The maximum Gasteiger partial charge on any atom is 0.408 e. The molecule has 1 heterocycles. The number of hydrogen-bond donors (Lipinski definition) is 3. The van der Waals surface area contributed by atoms with Crippen molar-refractivity contribution < 1.29 is 28.6 Å². The molecule has 0 bridgehead atoms. The lowest BCUT2D eigenvalue weighted by Crippen LogP contribution is -2.43. The molecular weight excluding hydrogens is 488 g/mol. The molecule has 0 radical (unpaired) electrons. The third-order valence-corrected chi connectivity index (χ3v) is 5.54. The van der Waals surface area contributed by atoms with Crippen LogP contribution in [0, 0.1) is 0 Å². The monoisotopic (exact) mass is 524 g/mol. The Kier molecular flexibility index (Phi) is 11.4. The highest BCUT2D eigenvalue weighted by Gasteiger charge is 2.24. The van der Waals surface area contributed by atoms with Crippen LogP contribution in [0.5, 0.6) is 5.75 Å². The van der Waals surface area contributed by atoms with E-state index in [0.29, 0.717) is 24.6 Å². The van der Waals surface area contributed by atoms with Crippen LogP contribution in [0.1, 0.15) is 44.2 Å². The summed E-state index contributed by atoms with van der Waals surface area (Å²) in [7, 11) is 0. The predicted molar refractivity (Wildman–Crippen MR) is 143 cm³/mol. The van der Waals surface area contributed by atoms with Crippen LogP contribution in [0.2, 0.25) is 0 Å². The van der Waals surface area contributed by atoms with E-state index in [0.717, 1.165) is 30.6 Å². The molecule has 0 saturated carbocycles. The van der Waals surface area contributed by atoms with Crippen LogP contribution >= 0.6 is 0 Å². The maximum atomic E-state index is 12.5. The van der Waals surface area contributed by atoms with Crippen molar-refractivity contribution in [2.75, 3.05) is 19.7 Å². The number of amides is 2. The lowest BCUT2D eigenvalue weighted by atomic mass is 10.1. The number of carbonyl (C=O) groups excluding carboxylic acids is 3. The molecule has 10 heteroatoms. The van der Waals surface area contributed by atoms with Gasteiger partial charge in [0.1, 0.15) is 18.4 Å². The van der Waals surface area contributed by atoms with Gasteiger partial charge in [-0.3, -0.25) is 15.1 Å². The second-order valence-electron chi connectivity index (χ2n) is 9.08. The van der Waals surface area contributed by atoms with Gasteiger partial charge in [0.15, 0.2) is 5.96 Å². The molecule has 1 unspecified atom stereocenters. The van der Waals surface area contributed by atoms with E-state index < -0.39 is 18.1 Å². The van der Waals surface area contributed by atoms with E-state index in [1.807, 2.05) is 54.6 Å². The lowest BCUT2D eigenvalue weighted by molar-refractivity contribution is -0.150. The quantitative estimate of drug-likeness (QED) is 0.364. The Bertz CT molecular complexity index is 1070. The van der Waals surface area contributed by atoms with E-state index in [4.69, 9.17) is 14.2 Å². The summed E-state index contributed by atoms with van der Waals surface area (Å²) in [5.41, 5.74) is 1.83. The normalized spacial score (nSPS) is 13.5. The fraction of sp³-hybridized carbons (Fsp3) is 0.429. The Morgan fingerprint density at radius 3 is 2.47 bits per heavy atom. The second-order valence-corrected chi connectivity index (χ2v) is 9.08. The highest BCUT2D eigenvalue weighted by molar-refractivity contribution is 5.97. The molecule has 2 amide bonds. The Hall–Kier alpha value is -4.08. The average Bonchev–Trinajstić information content (AvgIpc) is 2.91. The van der Waals surface area contributed by atoms with Gasteiger partial charge in [0.25, 0.3) is 0 Å². The van der Waals surface area contributed by atoms with E-state index in [9.17, 15) is 14.4 Å². The van der Waals surface area contributed by atoms with Crippen molar-refractivity contribution in [2.24, 2.45) is 4.99 Å². The van der Waals surface area contributed by atoms with Gasteiger partial charge in [0.2, 0.25) is 5.91 Å². The number of alkyl carbamates (subject to hydrolysis) is 1. The van der Waals surface area contributed by atoms with Crippen LogP contribution in [0.15, 0.2) is 59.6 Å². The fourth-order valence-electron chi connectivity index (χ4n) is 3.59. The van der Waals surface area contributed by atoms with Crippen LogP contribution in [-0.4, -0.2) is 55.8 Å². The Balaban J connectivity index is 1.43. The number of esters is 1. The van der Waals surface area contributed by atoms with E-state index in [-0.39, 0.29) is 31.6 Å². The van der Waals surface area contributed by atoms with Crippen LogP contribution in [-0.2, 0) is 32.1 Å². The Labute approximate surface area is 223 Å². The summed E-state index contributed by atoms with van der Waals surface area (Å²) in [4.78, 5) is 41.2. The van der Waals surface area contributed by atoms with Gasteiger partial charge >= 0.3 is 12.1 Å². The summed E-state index contributed by atoms with van der Waals surface area (Å²) < 4.78 is 16.3. The molecule has 0 spiro atoms. The number of carbonyl (C=O) groups is 3. The van der Waals surface area contributed by atoms with E-state index in [1.165, 1.54) is 0 Å². The van der Waals surface area contributed by atoms with Crippen LogP contribution in [0.25, 0.3) is 0 Å². The summed E-state index contributed by atoms with van der Waals surface area (Å²) in [5.74, 6) is 0.511. The van der Waals surface area contributed by atoms with Gasteiger partial charge in [-0.05, 0) is 49.9 Å².